The highest BCUT2D eigenvalue weighted by molar-refractivity contribution is 5.78. The number of benzene rings is 1. The molecule has 0 aromatic heterocycles. The molecule has 3 heteroatoms. The smallest absolute Gasteiger partial charge is 0.222 e. The second-order valence-electron chi connectivity index (χ2n) is 5.67. The summed E-state index contributed by atoms with van der Waals surface area (Å²) in [6, 6.07) is 8.18. The number of amides is 1. The van der Waals surface area contributed by atoms with Gasteiger partial charge in [-0.05, 0) is 24.8 Å². The van der Waals surface area contributed by atoms with E-state index in [1.807, 2.05) is 4.90 Å². The number of hydrogen-bond acceptors (Lipinski definition) is 2. The molecule has 2 N–H and O–H groups in total. The molecule has 1 aromatic rings. The van der Waals surface area contributed by atoms with Gasteiger partial charge in [0.05, 0.1) is 0 Å². The van der Waals surface area contributed by atoms with Crippen molar-refractivity contribution >= 4 is 5.91 Å². The van der Waals surface area contributed by atoms with E-state index in [0.29, 0.717) is 18.9 Å². The zero-order valence-corrected chi connectivity index (χ0v) is 11.9. The van der Waals surface area contributed by atoms with Gasteiger partial charge in [0.25, 0.3) is 0 Å². The number of likely N-dealkylation sites (tertiary alicyclic amines) is 1. The van der Waals surface area contributed by atoms with Crippen molar-refractivity contribution in [3.8, 4) is 0 Å². The molecule has 19 heavy (non-hydrogen) atoms. The molecule has 1 aliphatic heterocycles. The average molecular weight is 260 g/mol. The molecule has 2 rings (SSSR count). The van der Waals surface area contributed by atoms with Crippen molar-refractivity contribution in [2.24, 2.45) is 11.7 Å². The Hall–Kier alpha value is -1.35. The zero-order chi connectivity index (χ0) is 13.8. The van der Waals surface area contributed by atoms with Crippen LogP contribution >= 0.6 is 0 Å². The number of aryl methyl sites for hydroxylation is 1. The Bertz CT molecular complexity index is 427. The van der Waals surface area contributed by atoms with Crippen molar-refractivity contribution in [1.29, 1.82) is 0 Å². The van der Waals surface area contributed by atoms with E-state index in [9.17, 15) is 4.79 Å². The summed E-state index contributed by atoms with van der Waals surface area (Å²) in [7, 11) is 0. The van der Waals surface area contributed by atoms with E-state index in [0.717, 1.165) is 24.9 Å². The monoisotopic (exact) mass is 260 g/mol. The van der Waals surface area contributed by atoms with Crippen LogP contribution in [0.3, 0.4) is 0 Å². The summed E-state index contributed by atoms with van der Waals surface area (Å²) in [5, 5.41) is 0. The maximum Gasteiger partial charge on any atom is 0.222 e. The summed E-state index contributed by atoms with van der Waals surface area (Å²) in [6.45, 7) is 5.76. The van der Waals surface area contributed by atoms with Gasteiger partial charge in [-0.25, -0.2) is 0 Å². The first-order chi connectivity index (χ1) is 9.10. The Kier molecular flexibility index (Phi) is 4.59. The van der Waals surface area contributed by atoms with Crippen molar-refractivity contribution in [1.82, 2.24) is 4.90 Å². The Labute approximate surface area is 115 Å². The van der Waals surface area contributed by atoms with E-state index in [4.69, 9.17) is 5.73 Å². The average Bonchev–Trinajstić information content (AvgIpc) is 2.71. The standard InChI is InChI=1S/C16H24N2O/c1-3-4-13-9-16(19)18(10-13)11-15(17)14-7-5-12(2)6-8-14/h5-8,13,15H,3-4,9-11,17H2,1-2H3. The highest BCUT2D eigenvalue weighted by atomic mass is 16.2. The number of nitrogens with zero attached hydrogens (tertiary/aromatic N) is 1. The van der Waals surface area contributed by atoms with Gasteiger partial charge in [-0.3, -0.25) is 4.79 Å². The third-order valence-corrected chi connectivity index (χ3v) is 3.91. The number of rotatable bonds is 5. The van der Waals surface area contributed by atoms with Gasteiger partial charge < -0.3 is 10.6 Å². The molecule has 0 aliphatic carbocycles. The summed E-state index contributed by atoms with van der Waals surface area (Å²) in [4.78, 5) is 13.9. The van der Waals surface area contributed by atoms with Gasteiger partial charge in [0.2, 0.25) is 5.91 Å². The largest absolute Gasteiger partial charge is 0.340 e. The number of carbonyl (C=O) groups is 1. The second-order valence-corrected chi connectivity index (χ2v) is 5.67. The number of hydrogen-bond donors (Lipinski definition) is 1. The van der Waals surface area contributed by atoms with Gasteiger partial charge >= 0.3 is 0 Å². The lowest BCUT2D eigenvalue weighted by Crippen LogP contribution is -2.33. The molecule has 2 unspecified atom stereocenters. The molecular formula is C16H24N2O. The van der Waals surface area contributed by atoms with Gasteiger partial charge in [0, 0.05) is 25.6 Å². The molecule has 1 heterocycles. The molecule has 1 saturated heterocycles. The summed E-state index contributed by atoms with van der Waals surface area (Å²) in [5.74, 6) is 0.795. The van der Waals surface area contributed by atoms with Crippen molar-refractivity contribution in [3.05, 3.63) is 35.4 Å². The molecule has 1 fully saturated rings. The maximum atomic E-state index is 12.0. The maximum absolute atomic E-state index is 12.0. The molecule has 0 spiro atoms. The van der Waals surface area contributed by atoms with Gasteiger partial charge in [0.15, 0.2) is 0 Å². The summed E-state index contributed by atoms with van der Waals surface area (Å²) in [6.07, 6.45) is 2.99. The summed E-state index contributed by atoms with van der Waals surface area (Å²) in [5.41, 5.74) is 8.55. The van der Waals surface area contributed by atoms with Crippen LogP contribution in [-0.4, -0.2) is 23.9 Å². The Balaban J connectivity index is 1.93. The van der Waals surface area contributed by atoms with Crippen LogP contribution < -0.4 is 5.73 Å². The molecule has 0 bridgehead atoms. The first kappa shape index (κ1) is 14.1. The lowest BCUT2D eigenvalue weighted by molar-refractivity contribution is -0.127. The van der Waals surface area contributed by atoms with Gasteiger partial charge in [-0.15, -0.1) is 0 Å². The minimum Gasteiger partial charge on any atom is -0.340 e. The lowest BCUT2D eigenvalue weighted by atomic mass is 10.0. The van der Waals surface area contributed by atoms with E-state index < -0.39 is 0 Å². The Morgan fingerprint density at radius 2 is 2.05 bits per heavy atom. The highest BCUT2D eigenvalue weighted by Crippen LogP contribution is 2.24. The van der Waals surface area contributed by atoms with Crippen LogP contribution in [0.5, 0.6) is 0 Å². The minimum atomic E-state index is -0.0788. The third-order valence-electron chi connectivity index (χ3n) is 3.91. The van der Waals surface area contributed by atoms with Gasteiger partial charge in [-0.2, -0.15) is 0 Å². The van der Waals surface area contributed by atoms with Crippen LogP contribution in [0.1, 0.15) is 43.4 Å². The fraction of sp³-hybridized carbons (Fsp3) is 0.562. The zero-order valence-electron chi connectivity index (χ0n) is 11.9. The molecule has 0 saturated carbocycles. The minimum absolute atomic E-state index is 0.0788. The van der Waals surface area contributed by atoms with Crippen LogP contribution in [0.15, 0.2) is 24.3 Å². The molecule has 2 atom stereocenters. The predicted molar refractivity (Wildman–Crippen MR) is 77.7 cm³/mol. The van der Waals surface area contributed by atoms with Gasteiger partial charge in [0.1, 0.15) is 0 Å². The first-order valence-corrected chi connectivity index (χ1v) is 7.20. The van der Waals surface area contributed by atoms with Crippen LogP contribution in [0, 0.1) is 12.8 Å². The number of carbonyl (C=O) groups excluding carboxylic acids is 1. The molecule has 1 aliphatic rings. The number of nitrogens with two attached hydrogens (primary N) is 1. The van der Waals surface area contributed by atoms with E-state index >= 15 is 0 Å². The third kappa shape index (κ3) is 3.57. The Morgan fingerprint density at radius 1 is 1.37 bits per heavy atom. The van der Waals surface area contributed by atoms with Crippen LogP contribution in [-0.2, 0) is 4.79 Å². The molecule has 1 aromatic carbocycles. The van der Waals surface area contributed by atoms with E-state index in [-0.39, 0.29) is 11.9 Å². The van der Waals surface area contributed by atoms with E-state index in [1.165, 1.54) is 5.56 Å². The van der Waals surface area contributed by atoms with E-state index in [2.05, 4.69) is 38.1 Å². The van der Waals surface area contributed by atoms with Crippen LogP contribution in [0.25, 0.3) is 0 Å². The van der Waals surface area contributed by atoms with Gasteiger partial charge in [-0.1, -0.05) is 43.2 Å². The lowest BCUT2D eigenvalue weighted by Gasteiger charge is -2.21. The summed E-state index contributed by atoms with van der Waals surface area (Å²) >= 11 is 0. The summed E-state index contributed by atoms with van der Waals surface area (Å²) < 4.78 is 0. The molecule has 3 nitrogen and oxygen atoms in total. The SMILES string of the molecule is CCCC1CC(=O)N(CC(N)c2ccc(C)cc2)C1. The predicted octanol–water partition coefficient (Wildman–Crippen LogP) is 2.64. The second kappa shape index (κ2) is 6.20. The highest BCUT2D eigenvalue weighted by Gasteiger charge is 2.29. The van der Waals surface area contributed by atoms with E-state index in [1.54, 1.807) is 0 Å². The van der Waals surface area contributed by atoms with Crippen molar-refractivity contribution < 1.29 is 4.79 Å². The van der Waals surface area contributed by atoms with Crippen molar-refractivity contribution in [2.45, 2.75) is 39.2 Å². The molecule has 0 radical (unpaired) electrons. The van der Waals surface area contributed by atoms with Crippen LogP contribution in [0.4, 0.5) is 0 Å². The fourth-order valence-corrected chi connectivity index (χ4v) is 2.79. The van der Waals surface area contributed by atoms with Crippen molar-refractivity contribution in [2.75, 3.05) is 13.1 Å². The van der Waals surface area contributed by atoms with Crippen LogP contribution in [0.2, 0.25) is 0 Å². The Morgan fingerprint density at radius 3 is 2.68 bits per heavy atom. The quantitative estimate of drug-likeness (QED) is 0.884. The first-order valence-electron chi connectivity index (χ1n) is 7.20. The fourth-order valence-electron chi connectivity index (χ4n) is 2.79. The normalized spacial score (nSPS) is 20.9. The molecule has 104 valence electrons. The van der Waals surface area contributed by atoms with Crippen molar-refractivity contribution in [3.63, 3.8) is 0 Å². The topological polar surface area (TPSA) is 46.3 Å². The molecular weight excluding hydrogens is 236 g/mol. The molecule has 1 amide bonds.